The third kappa shape index (κ3) is 3.66. The molecule has 158 valence electrons. The summed E-state index contributed by atoms with van der Waals surface area (Å²) in [5.41, 5.74) is 1.74. The second-order valence-electron chi connectivity index (χ2n) is 7.53. The second-order valence-corrected chi connectivity index (χ2v) is 8.98. The highest BCUT2D eigenvalue weighted by Gasteiger charge is 2.35. The van der Waals surface area contributed by atoms with Gasteiger partial charge in [-0.15, -0.1) is 0 Å². The summed E-state index contributed by atoms with van der Waals surface area (Å²) in [6.45, 7) is 2.64. The maximum atomic E-state index is 12.7. The quantitative estimate of drug-likeness (QED) is 0.565. The van der Waals surface area contributed by atoms with Crippen LogP contribution in [0.1, 0.15) is 27.1 Å². The molecule has 0 unspecified atom stereocenters. The molecule has 0 radical (unpaired) electrons. The number of rotatable bonds is 4. The number of carbonyl (C=O) groups excluding carboxylic acids is 3. The number of aromatic nitrogens is 1. The molecule has 3 heterocycles. The average molecular weight is 455 g/mol. The standard InChI is InChI=1S/C22H19ClN4O3S/c23-14-5-6-17-18(13-14)31-22(24-17)26-11-9-25(10-12-26)19(28)7-8-27-20(29)15-3-1-2-4-16(15)21(27)30/h1-6,13H,7-12H2. The van der Waals surface area contributed by atoms with Gasteiger partial charge in [-0.1, -0.05) is 35.1 Å². The van der Waals surface area contributed by atoms with Crippen molar-refractivity contribution in [2.24, 2.45) is 0 Å². The molecule has 1 fully saturated rings. The summed E-state index contributed by atoms with van der Waals surface area (Å²) in [4.78, 5) is 47.4. The van der Waals surface area contributed by atoms with Crippen molar-refractivity contribution in [2.45, 2.75) is 6.42 Å². The van der Waals surface area contributed by atoms with Gasteiger partial charge in [-0.3, -0.25) is 19.3 Å². The van der Waals surface area contributed by atoms with E-state index in [2.05, 4.69) is 9.88 Å². The third-order valence-electron chi connectivity index (χ3n) is 5.67. The number of anilines is 1. The predicted molar refractivity (Wildman–Crippen MR) is 120 cm³/mol. The number of hydrogen-bond acceptors (Lipinski definition) is 6. The van der Waals surface area contributed by atoms with Crippen molar-refractivity contribution >= 4 is 56.0 Å². The van der Waals surface area contributed by atoms with Crippen molar-refractivity contribution in [1.82, 2.24) is 14.8 Å². The van der Waals surface area contributed by atoms with Gasteiger partial charge in [-0.2, -0.15) is 0 Å². The molecule has 3 amide bonds. The first-order valence-corrected chi connectivity index (χ1v) is 11.2. The summed E-state index contributed by atoms with van der Waals surface area (Å²) in [6, 6.07) is 12.4. The smallest absolute Gasteiger partial charge is 0.261 e. The van der Waals surface area contributed by atoms with E-state index in [0.717, 1.165) is 15.3 Å². The molecule has 1 aromatic heterocycles. The normalized spacial score (nSPS) is 16.4. The summed E-state index contributed by atoms with van der Waals surface area (Å²) in [6.07, 6.45) is 0.130. The molecule has 0 bridgehead atoms. The minimum Gasteiger partial charge on any atom is -0.345 e. The molecule has 9 heteroatoms. The van der Waals surface area contributed by atoms with Gasteiger partial charge in [0.05, 0.1) is 21.3 Å². The lowest BCUT2D eigenvalue weighted by Crippen LogP contribution is -2.49. The second kappa shape index (κ2) is 7.94. The molecule has 2 aromatic carbocycles. The largest absolute Gasteiger partial charge is 0.345 e. The van der Waals surface area contributed by atoms with Gasteiger partial charge in [0.25, 0.3) is 11.8 Å². The maximum Gasteiger partial charge on any atom is 0.261 e. The Labute approximate surface area is 187 Å². The molecule has 0 N–H and O–H groups in total. The molecular weight excluding hydrogens is 436 g/mol. The lowest BCUT2D eigenvalue weighted by atomic mass is 10.1. The molecule has 0 aliphatic carbocycles. The summed E-state index contributed by atoms with van der Waals surface area (Å²) < 4.78 is 1.04. The summed E-state index contributed by atoms with van der Waals surface area (Å²) >= 11 is 7.66. The van der Waals surface area contributed by atoms with Crippen LogP contribution in [0.2, 0.25) is 5.02 Å². The highest BCUT2D eigenvalue weighted by Crippen LogP contribution is 2.31. The molecule has 5 rings (SSSR count). The number of fused-ring (bicyclic) bond motifs is 2. The zero-order valence-electron chi connectivity index (χ0n) is 16.6. The van der Waals surface area contributed by atoms with Crippen LogP contribution in [0.25, 0.3) is 10.2 Å². The Morgan fingerprint density at radius 3 is 2.35 bits per heavy atom. The van der Waals surface area contributed by atoms with Crippen LogP contribution >= 0.6 is 22.9 Å². The Hall–Kier alpha value is -2.97. The van der Waals surface area contributed by atoms with Gasteiger partial charge < -0.3 is 9.80 Å². The summed E-state index contributed by atoms with van der Waals surface area (Å²) in [5.74, 6) is -0.699. The molecule has 2 aliphatic rings. The zero-order valence-corrected chi connectivity index (χ0v) is 18.2. The van der Waals surface area contributed by atoms with Crippen molar-refractivity contribution in [1.29, 1.82) is 0 Å². The fraction of sp³-hybridized carbons (Fsp3) is 0.273. The number of nitrogens with zero attached hydrogens (tertiary/aromatic N) is 4. The first-order chi connectivity index (χ1) is 15.0. The van der Waals surface area contributed by atoms with Crippen LogP contribution in [0, 0.1) is 0 Å². The molecule has 3 aromatic rings. The number of halogens is 1. The Balaban J connectivity index is 1.17. The Morgan fingerprint density at radius 2 is 1.68 bits per heavy atom. The Bertz CT molecular complexity index is 1170. The van der Waals surface area contributed by atoms with Crippen molar-refractivity contribution in [3.63, 3.8) is 0 Å². The fourth-order valence-corrected chi connectivity index (χ4v) is 5.27. The lowest BCUT2D eigenvalue weighted by Gasteiger charge is -2.34. The highest BCUT2D eigenvalue weighted by molar-refractivity contribution is 7.22. The Kier molecular flexibility index (Phi) is 5.11. The monoisotopic (exact) mass is 454 g/mol. The van der Waals surface area contributed by atoms with E-state index in [0.29, 0.717) is 42.3 Å². The van der Waals surface area contributed by atoms with E-state index in [9.17, 15) is 14.4 Å². The van der Waals surface area contributed by atoms with Gasteiger partial charge in [-0.25, -0.2) is 4.98 Å². The van der Waals surface area contributed by atoms with Crippen LogP contribution in [-0.4, -0.2) is 65.2 Å². The van der Waals surface area contributed by atoms with Gasteiger partial charge >= 0.3 is 0 Å². The number of benzene rings is 2. The molecule has 0 spiro atoms. The van der Waals surface area contributed by atoms with Crippen LogP contribution in [-0.2, 0) is 4.79 Å². The number of thiazole rings is 1. The van der Waals surface area contributed by atoms with Crippen LogP contribution in [0.5, 0.6) is 0 Å². The lowest BCUT2D eigenvalue weighted by molar-refractivity contribution is -0.131. The Morgan fingerprint density at radius 1 is 1.00 bits per heavy atom. The molecule has 7 nitrogen and oxygen atoms in total. The molecule has 0 saturated carbocycles. The zero-order chi connectivity index (χ0) is 21.5. The van der Waals surface area contributed by atoms with Gasteiger partial charge in [0.15, 0.2) is 5.13 Å². The average Bonchev–Trinajstić information content (AvgIpc) is 3.31. The molecular formula is C22H19ClN4O3S. The predicted octanol–water partition coefficient (Wildman–Crippen LogP) is 3.28. The van der Waals surface area contributed by atoms with Gasteiger partial charge in [0.2, 0.25) is 5.91 Å². The van der Waals surface area contributed by atoms with Crippen LogP contribution in [0.3, 0.4) is 0 Å². The van der Waals surface area contributed by atoms with Crippen LogP contribution in [0.15, 0.2) is 42.5 Å². The summed E-state index contributed by atoms with van der Waals surface area (Å²) in [7, 11) is 0. The van der Waals surface area contributed by atoms with Crippen molar-refractivity contribution in [2.75, 3.05) is 37.6 Å². The minimum absolute atomic E-state index is 0.0488. The number of amides is 3. The van der Waals surface area contributed by atoms with Crippen molar-refractivity contribution in [3.05, 3.63) is 58.6 Å². The number of hydrogen-bond donors (Lipinski definition) is 0. The molecule has 1 saturated heterocycles. The van der Waals surface area contributed by atoms with E-state index in [1.807, 2.05) is 18.2 Å². The molecule has 31 heavy (non-hydrogen) atoms. The summed E-state index contributed by atoms with van der Waals surface area (Å²) in [5, 5.41) is 1.62. The van der Waals surface area contributed by atoms with E-state index >= 15 is 0 Å². The SMILES string of the molecule is O=C(CCN1C(=O)c2ccccc2C1=O)N1CCN(c2nc3ccc(Cl)cc3s2)CC1. The topological polar surface area (TPSA) is 73.8 Å². The first-order valence-electron chi connectivity index (χ1n) is 10.1. The van der Waals surface area contributed by atoms with Crippen LogP contribution in [0.4, 0.5) is 5.13 Å². The van der Waals surface area contributed by atoms with E-state index in [1.54, 1.807) is 40.5 Å². The molecule has 2 aliphatic heterocycles. The maximum absolute atomic E-state index is 12.7. The van der Waals surface area contributed by atoms with Gasteiger partial charge in [0, 0.05) is 44.2 Å². The van der Waals surface area contributed by atoms with Crippen molar-refractivity contribution < 1.29 is 14.4 Å². The van der Waals surface area contributed by atoms with E-state index in [4.69, 9.17) is 11.6 Å². The van der Waals surface area contributed by atoms with E-state index in [-0.39, 0.29) is 30.7 Å². The fourth-order valence-electron chi connectivity index (χ4n) is 3.98. The third-order valence-corrected chi connectivity index (χ3v) is 6.98. The minimum atomic E-state index is -0.325. The number of imide groups is 1. The number of piperazine rings is 1. The van der Waals surface area contributed by atoms with Gasteiger partial charge in [0.1, 0.15) is 0 Å². The highest BCUT2D eigenvalue weighted by atomic mass is 35.5. The van der Waals surface area contributed by atoms with Gasteiger partial charge in [-0.05, 0) is 30.3 Å². The van der Waals surface area contributed by atoms with Crippen LogP contribution < -0.4 is 4.90 Å². The van der Waals surface area contributed by atoms with Crippen molar-refractivity contribution in [3.8, 4) is 0 Å². The van der Waals surface area contributed by atoms with E-state index < -0.39 is 0 Å². The number of carbonyl (C=O) groups is 3. The van der Waals surface area contributed by atoms with E-state index in [1.165, 1.54) is 4.90 Å². The first kappa shape index (κ1) is 20.0. The molecule has 0 atom stereocenters.